The molecule has 21 heavy (non-hydrogen) atoms. The molecule has 0 saturated carbocycles. The number of fused-ring (bicyclic) bond motifs is 1. The maximum atomic E-state index is 12.5. The molecule has 1 aliphatic heterocycles. The number of carbonyl (C=O) groups excluding carboxylic acids is 1. The summed E-state index contributed by atoms with van der Waals surface area (Å²) in [5.41, 5.74) is 7.96. The van der Waals surface area contributed by atoms with Crippen molar-refractivity contribution in [1.29, 1.82) is 0 Å². The summed E-state index contributed by atoms with van der Waals surface area (Å²) in [5.74, 6) is -0.0339. The van der Waals surface area contributed by atoms with E-state index in [2.05, 4.69) is 30.3 Å². The summed E-state index contributed by atoms with van der Waals surface area (Å²) in [6.07, 6.45) is 2.17. The molecule has 0 bridgehead atoms. The molecule has 2 heterocycles. The molecule has 0 spiro atoms. The summed E-state index contributed by atoms with van der Waals surface area (Å²) in [6.45, 7) is 4.07. The number of nitrogens with two attached hydrogens (primary N) is 1. The molecule has 112 valence electrons. The largest absolute Gasteiger partial charge is 0.397 e. The summed E-state index contributed by atoms with van der Waals surface area (Å²) >= 11 is 1.50. The van der Waals surface area contributed by atoms with Gasteiger partial charge in [0.2, 0.25) is 0 Å². The Morgan fingerprint density at radius 3 is 3.00 bits per heavy atom. The fourth-order valence-electron chi connectivity index (χ4n) is 2.98. The Morgan fingerprint density at radius 2 is 2.29 bits per heavy atom. The maximum Gasteiger partial charge on any atom is 0.263 e. The normalized spacial score (nSPS) is 19.8. The van der Waals surface area contributed by atoms with Crippen LogP contribution in [0.2, 0.25) is 0 Å². The second-order valence-electron chi connectivity index (χ2n) is 5.87. The van der Waals surface area contributed by atoms with Crippen LogP contribution in [0.1, 0.15) is 28.1 Å². The quantitative estimate of drug-likeness (QED) is 0.896. The highest BCUT2D eigenvalue weighted by Crippen LogP contribution is 2.35. The van der Waals surface area contributed by atoms with Crippen LogP contribution in [0.15, 0.2) is 18.2 Å². The standard InChI is InChI=1S/C16H21N3OS/c1-10-5-3-7-12-13(17)15(21-14(10)12)16(20)18-11-6-4-8-19(2)9-11/h3,5,7,11H,4,6,8-9,17H2,1-2H3,(H,18,20). The number of carbonyl (C=O) groups is 1. The molecule has 3 rings (SSSR count). The summed E-state index contributed by atoms with van der Waals surface area (Å²) in [7, 11) is 2.09. The minimum Gasteiger partial charge on any atom is -0.397 e. The topological polar surface area (TPSA) is 58.4 Å². The third-order valence-electron chi connectivity index (χ3n) is 4.12. The van der Waals surface area contributed by atoms with E-state index in [1.807, 2.05) is 12.1 Å². The van der Waals surface area contributed by atoms with Crippen LogP contribution >= 0.6 is 11.3 Å². The van der Waals surface area contributed by atoms with Gasteiger partial charge in [0, 0.05) is 22.7 Å². The third-order valence-corrected chi connectivity index (χ3v) is 5.47. The Morgan fingerprint density at radius 1 is 1.48 bits per heavy atom. The first-order valence-electron chi connectivity index (χ1n) is 7.33. The Labute approximate surface area is 128 Å². The van der Waals surface area contributed by atoms with Crippen molar-refractivity contribution < 1.29 is 4.79 Å². The molecule has 2 aromatic rings. The van der Waals surface area contributed by atoms with E-state index in [0.717, 1.165) is 36.0 Å². The molecule has 1 amide bonds. The van der Waals surface area contributed by atoms with E-state index in [1.165, 1.54) is 16.9 Å². The average Bonchev–Trinajstić information content (AvgIpc) is 2.78. The molecule has 1 saturated heterocycles. The number of hydrogen-bond acceptors (Lipinski definition) is 4. The van der Waals surface area contributed by atoms with Gasteiger partial charge in [0.05, 0.1) is 5.69 Å². The van der Waals surface area contributed by atoms with Gasteiger partial charge in [-0.25, -0.2) is 0 Å². The number of likely N-dealkylation sites (N-methyl/N-ethyl adjacent to an activating group) is 1. The molecule has 1 aromatic carbocycles. The van der Waals surface area contributed by atoms with Gasteiger partial charge in [-0.05, 0) is 38.9 Å². The second-order valence-corrected chi connectivity index (χ2v) is 6.89. The number of piperidine rings is 1. The number of benzene rings is 1. The molecule has 1 fully saturated rings. The number of thiophene rings is 1. The van der Waals surface area contributed by atoms with Gasteiger partial charge in [-0.3, -0.25) is 4.79 Å². The zero-order valence-corrected chi connectivity index (χ0v) is 13.3. The van der Waals surface area contributed by atoms with E-state index in [4.69, 9.17) is 5.73 Å². The summed E-state index contributed by atoms with van der Waals surface area (Å²) in [4.78, 5) is 15.4. The van der Waals surface area contributed by atoms with Crippen LogP contribution in [0.4, 0.5) is 5.69 Å². The van der Waals surface area contributed by atoms with Crippen LogP contribution in [-0.2, 0) is 0 Å². The van der Waals surface area contributed by atoms with Gasteiger partial charge in [-0.1, -0.05) is 18.2 Å². The Bertz CT molecular complexity index is 679. The molecule has 1 atom stereocenters. The minimum absolute atomic E-state index is 0.0339. The molecule has 1 aliphatic rings. The van der Waals surface area contributed by atoms with Crippen molar-refractivity contribution in [2.45, 2.75) is 25.8 Å². The van der Waals surface area contributed by atoms with Gasteiger partial charge in [0.1, 0.15) is 4.88 Å². The second kappa shape index (κ2) is 5.66. The van der Waals surface area contributed by atoms with E-state index in [0.29, 0.717) is 10.6 Å². The lowest BCUT2D eigenvalue weighted by Crippen LogP contribution is -2.46. The molecular weight excluding hydrogens is 282 g/mol. The number of aryl methyl sites for hydroxylation is 1. The first-order valence-corrected chi connectivity index (χ1v) is 8.15. The van der Waals surface area contributed by atoms with Crippen molar-refractivity contribution in [3.05, 3.63) is 28.6 Å². The zero-order chi connectivity index (χ0) is 15.0. The van der Waals surface area contributed by atoms with Gasteiger partial charge in [-0.15, -0.1) is 11.3 Å². The molecular formula is C16H21N3OS. The van der Waals surface area contributed by atoms with Gasteiger partial charge in [0.25, 0.3) is 5.91 Å². The van der Waals surface area contributed by atoms with Crippen LogP contribution in [0.5, 0.6) is 0 Å². The van der Waals surface area contributed by atoms with Crippen LogP contribution in [-0.4, -0.2) is 37.0 Å². The monoisotopic (exact) mass is 303 g/mol. The smallest absolute Gasteiger partial charge is 0.263 e. The van der Waals surface area contributed by atoms with Crippen molar-refractivity contribution in [1.82, 2.24) is 10.2 Å². The molecule has 4 nitrogen and oxygen atoms in total. The predicted molar refractivity (Wildman–Crippen MR) is 89.0 cm³/mol. The highest BCUT2D eigenvalue weighted by molar-refractivity contribution is 7.21. The molecule has 3 N–H and O–H groups in total. The number of rotatable bonds is 2. The Balaban J connectivity index is 1.84. The van der Waals surface area contributed by atoms with E-state index < -0.39 is 0 Å². The lowest BCUT2D eigenvalue weighted by molar-refractivity contribution is 0.0917. The number of nitrogens with one attached hydrogen (secondary N) is 1. The fourth-order valence-corrected chi connectivity index (χ4v) is 4.08. The van der Waals surface area contributed by atoms with E-state index in [9.17, 15) is 4.79 Å². The number of nitrogens with zero attached hydrogens (tertiary/aromatic N) is 1. The van der Waals surface area contributed by atoms with Crippen LogP contribution < -0.4 is 11.1 Å². The molecule has 1 unspecified atom stereocenters. The van der Waals surface area contributed by atoms with Crippen LogP contribution in [0.3, 0.4) is 0 Å². The molecule has 1 aromatic heterocycles. The summed E-state index contributed by atoms with van der Waals surface area (Å²) in [5, 5.41) is 4.13. The number of anilines is 1. The van der Waals surface area contributed by atoms with Gasteiger partial charge in [0.15, 0.2) is 0 Å². The van der Waals surface area contributed by atoms with Crippen LogP contribution in [0.25, 0.3) is 10.1 Å². The number of amides is 1. The van der Waals surface area contributed by atoms with Crippen molar-refractivity contribution in [3.8, 4) is 0 Å². The van der Waals surface area contributed by atoms with Gasteiger partial charge < -0.3 is 16.0 Å². The lowest BCUT2D eigenvalue weighted by atomic mass is 10.1. The average molecular weight is 303 g/mol. The maximum absolute atomic E-state index is 12.5. The minimum atomic E-state index is -0.0339. The summed E-state index contributed by atoms with van der Waals surface area (Å²) < 4.78 is 1.11. The van der Waals surface area contributed by atoms with Gasteiger partial charge in [-0.2, -0.15) is 0 Å². The lowest BCUT2D eigenvalue weighted by Gasteiger charge is -2.30. The predicted octanol–water partition coefficient (Wildman–Crippen LogP) is 2.62. The fraction of sp³-hybridized carbons (Fsp3) is 0.438. The van der Waals surface area contributed by atoms with Crippen molar-refractivity contribution in [3.63, 3.8) is 0 Å². The van der Waals surface area contributed by atoms with Crippen molar-refractivity contribution in [2.24, 2.45) is 0 Å². The number of likely N-dealkylation sites (tertiary alicyclic amines) is 1. The van der Waals surface area contributed by atoms with Crippen LogP contribution in [0, 0.1) is 6.92 Å². The Hall–Kier alpha value is -1.59. The summed E-state index contributed by atoms with van der Waals surface area (Å²) in [6, 6.07) is 6.25. The molecule has 0 aliphatic carbocycles. The van der Waals surface area contributed by atoms with E-state index >= 15 is 0 Å². The molecule has 0 radical (unpaired) electrons. The SMILES string of the molecule is Cc1cccc2c(N)c(C(=O)NC3CCCN(C)C3)sc12. The van der Waals surface area contributed by atoms with E-state index in [1.54, 1.807) is 0 Å². The van der Waals surface area contributed by atoms with Gasteiger partial charge >= 0.3 is 0 Å². The third kappa shape index (κ3) is 2.76. The Kier molecular flexibility index (Phi) is 3.87. The number of nitrogen functional groups attached to an aromatic ring is 1. The highest BCUT2D eigenvalue weighted by Gasteiger charge is 2.22. The molecule has 5 heteroatoms. The first kappa shape index (κ1) is 14.4. The zero-order valence-electron chi connectivity index (χ0n) is 12.5. The van der Waals surface area contributed by atoms with Crippen molar-refractivity contribution >= 4 is 33.0 Å². The highest BCUT2D eigenvalue weighted by atomic mass is 32.1. The van der Waals surface area contributed by atoms with Crippen molar-refractivity contribution in [2.75, 3.05) is 25.9 Å². The first-order chi connectivity index (χ1) is 10.1. The van der Waals surface area contributed by atoms with E-state index in [-0.39, 0.29) is 11.9 Å². The number of hydrogen-bond donors (Lipinski definition) is 2.